The van der Waals surface area contributed by atoms with E-state index in [1.807, 2.05) is 19.2 Å². The van der Waals surface area contributed by atoms with Crippen molar-refractivity contribution < 1.29 is 0 Å². The van der Waals surface area contributed by atoms with Gasteiger partial charge in [0, 0.05) is 24.9 Å². The molecule has 0 aliphatic heterocycles. The van der Waals surface area contributed by atoms with E-state index < -0.39 is 0 Å². The number of aromatic nitrogens is 4. The largest absolute Gasteiger partial charge is 0.347 e. The second-order valence-electron chi connectivity index (χ2n) is 7.79. The first-order chi connectivity index (χ1) is 14.5. The average molecular weight is 398 g/mol. The highest BCUT2D eigenvalue weighted by atomic mass is 15.1. The fraction of sp³-hybridized carbons (Fsp3) is 0.320. The Bertz CT molecular complexity index is 1240. The SMILES string of the molecule is CCCc1nc2c(C)cc(C)nc2n1Cc1ccc(-c2c(C#N)ccn2CC)cc1. The highest BCUT2D eigenvalue weighted by molar-refractivity contribution is 5.76. The molecule has 0 bridgehead atoms. The Kier molecular flexibility index (Phi) is 5.41. The van der Waals surface area contributed by atoms with Crippen molar-refractivity contribution in [2.75, 3.05) is 0 Å². The molecule has 0 aliphatic rings. The highest BCUT2D eigenvalue weighted by Crippen LogP contribution is 2.26. The van der Waals surface area contributed by atoms with Crippen molar-refractivity contribution in [1.82, 2.24) is 19.1 Å². The minimum atomic E-state index is 0.714. The summed E-state index contributed by atoms with van der Waals surface area (Å²) in [7, 11) is 0. The van der Waals surface area contributed by atoms with Crippen molar-refractivity contribution >= 4 is 11.2 Å². The molecule has 5 heteroatoms. The molecule has 0 atom stereocenters. The van der Waals surface area contributed by atoms with Gasteiger partial charge < -0.3 is 9.13 Å². The maximum absolute atomic E-state index is 9.46. The van der Waals surface area contributed by atoms with E-state index in [1.165, 1.54) is 11.1 Å². The summed E-state index contributed by atoms with van der Waals surface area (Å²) in [5, 5.41) is 9.46. The summed E-state index contributed by atoms with van der Waals surface area (Å²) >= 11 is 0. The number of nitrogens with zero attached hydrogens (tertiary/aromatic N) is 5. The Morgan fingerprint density at radius 1 is 1.03 bits per heavy atom. The molecule has 30 heavy (non-hydrogen) atoms. The van der Waals surface area contributed by atoms with Crippen LogP contribution in [0, 0.1) is 25.2 Å². The smallest absolute Gasteiger partial charge is 0.160 e. The number of imidazole rings is 1. The van der Waals surface area contributed by atoms with Crippen LogP contribution >= 0.6 is 0 Å². The third kappa shape index (κ3) is 3.50. The van der Waals surface area contributed by atoms with Crippen molar-refractivity contribution in [2.24, 2.45) is 0 Å². The van der Waals surface area contributed by atoms with Gasteiger partial charge in [-0.3, -0.25) is 0 Å². The second kappa shape index (κ2) is 8.16. The molecule has 3 heterocycles. The first-order valence-corrected chi connectivity index (χ1v) is 10.6. The lowest BCUT2D eigenvalue weighted by Crippen LogP contribution is -2.06. The maximum Gasteiger partial charge on any atom is 0.160 e. The fourth-order valence-electron chi connectivity index (χ4n) is 4.13. The third-order valence-corrected chi connectivity index (χ3v) is 5.57. The first-order valence-electron chi connectivity index (χ1n) is 10.6. The lowest BCUT2D eigenvalue weighted by Gasteiger charge is -2.11. The predicted molar refractivity (Wildman–Crippen MR) is 120 cm³/mol. The maximum atomic E-state index is 9.46. The summed E-state index contributed by atoms with van der Waals surface area (Å²) in [5.41, 5.74) is 8.12. The second-order valence-corrected chi connectivity index (χ2v) is 7.79. The number of hydrogen-bond acceptors (Lipinski definition) is 3. The molecule has 0 unspecified atom stereocenters. The van der Waals surface area contributed by atoms with Gasteiger partial charge in [-0.05, 0) is 56.0 Å². The number of fused-ring (bicyclic) bond motifs is 1. The summed E-state index contributed by atoms with van der Waals surface area (Å²) in [4.78, 5) is 9.70. The topological polar surface area (TPSA) is 59.4 Å². The zero-order chi connectivity index (χ0) is 21.3. The van der Waals surface area contributed by atoms with Gasteiger partial charge in [-0.15, -0.1) is 0 Å². The summed E-state index contributed by atoms with van der Waals surface area (Å²) in [6.07, 6.45) is 3.96. The first kappa shape index (κ1) is 19.9. The standard InChI is InChI=1S/C25H27N5/c1-5-7-22-28-23-17(3)14-18(4)27-25(23)30(22)16-19-8-10-20(11-9-19)24-21(15-26)12-13-29(24)6-2/h8-14H,5-7,16H2,1-4H3. The third-order valence-electron chi connectivity index (χ3n) is 5.57. The van der Waals surface area contributed by atoms with Crippen LogP contribution in [-0.2, 0) is 19.5 Å². The van der Waals surface area contributed by atoms with E-state index >= 15 is 0 Å². The molecule has 0 saturated heterocycles. The zero-order valence-corrected chi connectivity index (χ0v) is 18.1. The van der Waals surface area contributed by atoms with Crippen molar-refractivity contribution in [1.29, 1.82) is 5.26 Å². The van der Waals surface area contributed by atoms with E-state index in [0.717, 1.165) is 59.9 Å². The van der Waals surface area contributed by atoms with E-state index in [4.69, 9.17) is 9.97 Å². The van der Waals surface area contributed by atoms with E-state index in [1.54, 1.807) is 0 Å². The van der Waals surface area contributed by atoms with Crippen LogP contribution in [0.3, 0.4) is 0 Å². The Balaban J connectivity index is 1.72. The van der Waals surface area contributed by atoms with Crippen molar-refractivity contribution in [3.63, 3.8) is 0 Å². The molecule has 0 amide bonds. The van der Waals surface area contributed by atoms with Crippen LogP contribution < -0.4 is 0 Å². The molecule has 0 fully saturated rings. The van der Waals surface area contributed by atoms with Gasteiger partial charge >= 0.3 is 0 Å². The van der Waals surface area contributed by atoms with Gasteiger partial charge in [0.15, 0.2) is 5.65 Å². The van der Waals surface area contributed by atoms with Gasteiger partial charge in [0.25, 0.3) is 0 Å². The zero-order valence-electron chi connectivity index (χ0n) is 18.1. The molecule has 0 N–H and O–H groups in total. The Hall–Kier alpha value is -3.39. The van der Waals surface area contributed by atoms with Crippen molar-refractivity contribution in [2.45, 2.75) is 53.6 Å². The highest BCUT2D eigenvalue weighted by Gasteiger charge is 2.15. The van der Waals surface area contributed by atoms with Crippen LogP contribution in [-0.4, -0.2) is 19.1 Å². The van der Waals surface area contributed by atoms with Gasteiger partial charge in [0.05, 0.1) is 17.8 Å². The summed E-state index contributed by atoms with van der Waals surface area (Å²) in [6, 6.07) is 14.8. The van der Waals surface area contributed by atoms with Gasteiger partial charge in [0.1, 0.15) is 17.4 Å². The van der Waals surface area contributed by atoms with Gasteiger partial charge in [-0.1, -0.05) is 31.2 Å². The number of hydrogen-bond donors (Lipinski definition) is 0. The Morgan fingerprint density at radius 3 is 2.47 bits per heavy atom. The number of nitriles is 1. The quantitative estimate of drug-likeness (QED) is 0.437. The monoisotopic (exact) mass is 397 g/mol. The molecular weight excluding hydrogens is 370 g/mol. The lowest BCUT2D eigenvalue weighted by molar-refractivity contribution is 0.716. The minimum absolute atomic E-state index is 0.714. The number of rotatable bonds is 6. The van der Waals surface area contributed by atoms with E-state index in [-0.39, 0.29) is 0 Å². The molecule has 5 nitrogen and oxygen atoms in total. The summed E-state index contributed by atoms with van der Waals surface area (Å²) in [6.45, 7) is 9.99. The van der Waals surface area contributed by atoms with E-state index in [0.29, 0.717) is 5.56 Å². The molecule has 4 aromatic rings. The van der Waals surface area contributed by atoms with Crippen molar-refractivity contribution in [3.05, 3.63) is 70.8 Å². The predicted octanol–water partition coefficient (Wildman–Crippen LogP) is 5.41. The lowest BCUT2D eigenvalue weighted by atomic mass is 10.1. The molecule has 0 radical (unpaired) electrons. The number of benzene rings is 1. The summed E-state index contributed by atoms with van der Waals surface area (Å²) in [5.74, 6) is 1.09. The molecule has 0 aliphatic carbocycles. The number of pyridine rings is 1. The molecule has 1 aromatic carbocycles. The number of aryl methyl sites for hydroxylation is 4. The van der Waals surface area contributed by atoms with Crippen LogP contribution in [0.2, 0.25) is 0 Å². The van der Waals surface area contributed by atoms with Gasteiger partial charge in [-0.25, -0.2) is 9.97 Å². The fourth-order valence-corrected chi connectivity index (χ4v) is 4.13. The van der Waals surface area contributed by atoms with Gasteiger partial charge in [0.2, 0.25) is 0 Å². The molecule has 0 saturated carbocycles. The molecular formula is C25H27N5. The Labute approximate surface area is 177 Å². The van der Waals surface area contributed by atoms with Crippen LogP contribution in [0.15, 0.2) is 42.6 Å². The van der Waals surface area contributed by atoms with Crippen LogP contribution in [0.4, 0.5) is 0 Å². The van der Waals surface area contributed by atoms with Crippen LogP contribution in [0.1, 0.15) is 48.5 Å². The van der Waals surface area contributed by atoms with E-state index in [2.05, 4.69) is 66.3 Å². The van der Waals surface area contributed by atoms with Crippen molar-refractivity contribution in [3.8, 4) is 17.3 Å². The average Bonchev–Trinajstić information content (AvgIpc) is 3.31. The summed E-state index contributed by atoms with van der Waals surface area (Å²) < 4.78 is 4.37. The van der Waals surface area contributed by atoms with Crippen LogP contribution in [0.25, 0.3) is 22.4 Å². The molecule has 0 spiro atoms. The van der Waals surface area contributed by atoms with E-state index in [9.17, 15) is 5.26 Å². The molecule has 3 aromatic heterocycles. The van der Waals surface area contributed by atoms with Gasteiger partial charge in [-0.2, -0.15) is 5.26 Å². The van der Waals surface area contributed by atoms with Crippen LogP contribution in [0.5, 0.6) is 0 Å². The molecule has 152 valence electrons. The molecule has 4 rings (SSSR count). The Morgan fingerprint density at radius 2 is 1.80 bits per heavy atom. The minimum Gasteiger partial charge on any atom is -0.347 e. The normalized spacial score (nSPS) is 11.2.